The van der Waals surface area contributed by atoms with Crippen molar-refractivity contribution in [3.63, 3.8) is 0 Å². The van der Waals surface area contributed by atoms with Crippen LogP contribution in [-0.2, 0) is 35.6 Å². The minimum Gasteiger partial charge on any atom is -0.380 e. The van der Waals surface area contributed by atoms with Gasteiger partial charge in [0.05, 0.1) is 12.6 Å². The van der Waals surface area contributed by atoms with Crippen LogP contribution in [-0.4, -0.2) is 30.5 Å². The summed E-state index contributed by atoms with van der Waals surface area (Å²) in [5, 5.41) is 3.16. The predicted octanol–water partition coefficient (Wildman–Crippen LogP) is 3.53. The van der Waals surface area contributed by atoms with E-state index in [9.17, 15) is 4.79 Å². The minimum atomic E-state index is -0.118. The maximum absolute atomic E-state index is 13.1. The lowest BCUT2D eigenvalue weighted by Gasteiger charge is -2.36. The van der Waals surface area contributed by atoms with Crippen molar-refractivity contribution < 1.29 is 9.53 Å². The number of nitrogens with one attached hydrogen (secondary N) is 1. The SMILES string of the molecule is COCc1ccccc1CNC(=O)C(C(C)C)N1CCc2ccccc2C1. The van der Waals surface area contributed by atoms with E-state index in [2.05, 4.69) is 54.4 Å². The van der Waals surface area contributed by atoms with Gasteiger partial charge in [-0.25, -0.2) is 0 Å². The van der Waals surface area contributed by atoms with Crippen LogP contribution in [0.4, 0.5) is 0 Å². The third kappa shape index (κ3) is 4.76. The Labute approximate surface area is 162 Å². The van der Waals surface area contributed by atoms with Crippen LogP contribution in [0.3, 0.4) is 0 Å². The highest BCUT2D eigenvalue weighted by atomic mass is 16.5. The maximum atomic E-state index is 13.1. The molecule has 3 rings (SSSR count). The summed E-state index contributed by atoms with van der Waals surface area (Å²) in [6.45, 7) is 7.11. The van der Waals surface area contributed by atoms with E-state index in [-0.39, 0.29) is 17.9 Å². The van der Waals surface area contributed by atoms with Crippen LogP contribution in [0.15, 0.2) is 48.5 Å². The highest BCUT2D eigenvalue weighted by Crippen LogP contribution is 2.23. The molecular weight excluding hydrogens is 336 g/mol. The molecule has 1 aliphatic rings. The van der Waals surface area contributed by atoms with E-state index in [1.165, 1.54) is 11.1 Å². The molecule has 1 unspecified atom stereocenters. The van der Waals surface area contributed by atoms with Crippen molar-refractivity contribution in [1.29, 1.82) is 0 Å². The Morgan fingerprint density at radius 3 is 2.44 bits per heavy atom. The molecule has 0 saturated heterocycles. The smallest absolute Gasteiger partial charge is 0.237 e. The van der Waals surface area contributed by atoms with E-state index >= 15 is 0 Å². The molecule has 4 nitrogen and oxygen atoms in total. The number of carbonyl (C=O) groups excluding carboxylic acids is 1. The third-order valence-corrected chi connectivity index (χ3v) is 5.32. The van der Waals surface area contributed by atoms with Crippen LogP contribution in [0.5, 0.6) is 0 Å². The minimum absolute atomic E-state index is 0.108. The van der Waals surface area contributed by atoms with Gasteiger partial charge in [-0.15, -0.1) is 0 Å². The zero-order valence-corrected chi connectivity index (χ0v) is 16.6. The molecule has 2 aromatic carbocycles. The second-order valence-corrected chi connectivity index (χ2v) is 7.60. The molecule has 0 radical (unpaired) electrons. The number of methoxy groups -OCH3 is 1. The summed E-state index contributed by atoms with van der Waals surface area (Å²) in [4.78, 5) is 15.4. The van der Waals surface area contributed by atoms with Crippen LogP contribution in [0.1, 0.15) is 36.1 Å². The molecule has 0 spiro atoms. The summed E-state index contributed by atoms with van der Waals surface area (Å²) in [5.74, 6) is 0.362. The maximum Gasteiger partial charge on any atom is 0.237 e. The summed E-state index contributed by atoms with van der Waals surface area (Å²) >= 11 is 0. The molecular formula is C23H30N2O2. The van der Waals surface area contributed by atoms with E-state index in [4.69, 9.17) is 4.74 Å². The fourth-order valence-corrected chi connectivity index (χ4v) is 3.96. The Morgan fingerprint density at radius 2 is 1.74 bits per heavy atom. The molecule has 1 heterocycles. The van der Waals surface area contributed by atoms with Crippen LogP contribution in [0.25, 0.3) is 0 Å². The van der Waals surface area contributed by atoms with Gasteiger partial charge in [-0.3, -0.25) is 9.69 Å². The van der Waals surface area contributed by atoms with Gasteiger partial charge in [0.2, 0.25) is 5.91 Å². The second kappa shape index (κ2) is 9.16. The van der Waals surface area contributed by atoms with Crippen LogP contribution >= 0.6 is 0 Å². The highest BCUT2D eigenvalue weighted by molar-refractivity contribution is 5.82. The largest absolute Gasteiger partial charge is 0.380 e. The molecule has 1 aliphatic heterocycles. The number of ether oxygens (including phenoxy) is 1. The van der Waals surface area contributed by atoms with E-state index < -0.39 is 0 Å². The topological polar surface area (TPSA) is 41.6 Å². The Morgan fingerprint density at radius 1 is 1.07 bits per heavy atom. The molecule has 27 heavy (non-hydrogen) atoms. The first kappa shape index (κ1) is 19.6. The van der Waals surface area contributed by atoms with E-state index in [1.807, 2.05) is 18.2 Å². The molecule has 1 atom stereocenters. The lowest BCUT2D eigenvalue weighted by atomic mass is 9.94. The standard InChI is InChI=1S/C23H30N2O2/c1-17(2)22(25-13-12-18-8-4-6-10-20(18)15-25)23(26)24-14-19-9-5-7-11-21(19)16-27-3/h4-11,17,22H,12-16H2,1-3H3,(H,24,26). The van der Waals surface area contributed by atoms with Gasteiger partial charge < -0.3 is 10.1 Å². The molecule has 0 fully saturated rings. The third-order valence-electron chi connectivity index (χ3n) is 5.32. The molecule has 2 aromatic rings. The summed E-state index contributed by atoms with van der Waals surface area (Å²) in [5.41, 5.74) is 4.98. The molecule has 0 bridgehead atoms. The van der Waals surface area contributed by atoms with E-state index in [0.29, 0.717) is 13.2 Å². The quantitative estimate of drug-likeness (QED) is 0.815. The van der Waals surface area contributed by atoms with Crippen molar-refractivity contribution in [3.05, 3.63) is 70.8 Å². The number of fused-ring (bicyclic) bond motifs is 1. The molecule has 144 valence electrons. The lowest BCUT2D eigenvalue weighted by molar-refractivity contribution is -0.128. The van der Waals surface area contributed by atoms with Crippen molar-refractivity contribution in [2.75, 3.05) is 13.7 Å². The molecule has 4 heteroatoms. The summed E-state index contributed by atoms with van der Waals surface area (Å²) < 4.78 is 5.27. The number of carbonyl (C=O) groups is 1. The van der Waals surface area contributed by atoms with Gasteiger partial charge in [-0.1, -0.05) is 62.4 Å². The second-order valence-electron chi connectivity index (χ2n) is 7.60. The van der Waals surface area contributed by atoms with Gasteiger partial charge >= 0.3 is 0 Å². The van der Waals surface area contributed by atoms with Crippen molar-refractivity contribution in [2.24, 2.45) is 5.92 Å². The lowest BCUT2D eigenvalue weighted by Crippen LogP contribution is -2.51. The van der Waals surface area contributed by atoms with Gasteiger partial charge in [0.25, 0.3) is 0 Å². The number of rotatable bonds is 7. The number of nitrogens with zero attached hydrogens (tertiary/aromatic N) is 1. The summed E-state index contributed by atoms with van der Waals surface area (Å²) in [6, 6.07) is 16.5. The molecule has 1 N–H and O–H groups in total. The summed E-state index contributed by atoms with van der Waals surface area (Å²) in [6.07, 6.45) is 1.00. The fraction of sp³-hybridized carbons (Fsp3) is 0.435. The van der Waals surface area contributed by atoms with Gasteiger partial charge in [-0.05, 0) is 34.6 Å². The normalized spacial score (nSPS) is 15.4. The predicted molar refractivity (Wildman–Crippen MR) is 108 cm³/mol. The van der Waals surface area contributed by atoms with Crippen molar-refractivity contribution in [2.45, 2.75) is 46.0 Å². The van der Waals surface area contributed by atoms with Crippen LogP contribution in [0, 0.1) is 5.92 Å². The first-order valence-electron chi connectivity index (χ1n) is 9.74. The first-order valence-corrected chi connectivity index (χ1v) is 9.74. The monoisotopic (exact) mass is 366 g/mol. The molecule has 0 saturated carbocycles. The van der Waals surface area contributed by atoms with E-state index in [0.717, 1.165) is 30.6 Å². The Kier molecular flexibility index (Phi) is 6.64. The number of hydrogen-bond donors (Lipinski definition) is 1. The van der Waals surface area contributed by atoms with Gasteiger partial charge in [0.1, 0.15) is 0 Å². The fourth-order valence-electron chi connectivity index (χ4n) is 3.96. The molecule has 1 amide bonds. The zero-order chi connectivity index (χ0) is 19.2. The number of hydrogen-bond acceptors (Lipinski definition) is 3. The Balaban J connectivity index is 1.68. The first-order chi connectivity index (χ1) is 13.1. The van der Waals surface area contributed by atoms with Gasteiger partial charge in [0.15, 0.2) is 0 Å². The molecule has 0 aromatic heterocycles. The van der Waals surface area contributed by atoms with Crippen molar-refractivity contribution in [1.82, 2.24) is 10.2 Å². The van der Waals surface area contributed by atoms with Crippen molar-refractivity contribution >= 4 is 5.91 Å². The zero-order valence-electron chi connectivity index (χ0n) is 16.6. The van der Waals surface area contributed by atoms with E-state index in [1.54, 1.807) is 7.11 Å². The molecule has 0 aliphatic carbocycles. The van der Waals surface area contributed by atoms with Crippen molar-refractivity contribution in [3.8, 4) is 0 Å². The Hall–Kier alpha value is -2.17. The van der Waals surface area contributed by atoms with Crippen LogP contribution in [0.2, 0.25) is 0 Å². The number of benzene rings is 2. The van der Waals surface area contributed by atoms with Gasteiger partial charge in [-0.2, -0.15) is 0 Å². The van der Waals surface area contributed by atoms with Gasteiger partial charge in [0, 0.05) is 26.7 Å². The van der Waals surface area contributed by atoms with Crippen LogP contribution < -0.4 is 5.32 Å². The highest BCUT2D eigenvalue weighted by Gasteiger charge is 2.31. The summed E-state index contributed by atoms with van der Waals surface area (Å²) in [7, 11) is 1.69. The number of amides is 1. The average molecular weight is 367 g/mol. The Bertz CT molecular complexity index is 772. The average Bonchev–Trinajstić information content (AvgIpc) is 2.67.